The van der Waals surface area contributed by atoms with Crippen molar-refractivity contribution < 1.29 is 4.79 Å². The van der Waals surface area contributed by atoms with E-state index in [1.54, 1.807) is 23.9 Å². The summed E-state index contributed by atoms with van der Waals surface area (Å²) in [5.41, 5.74) is 6.34. The number of thioether (sulfide) groups is 1. The SMILES string of the molecule is CSCC[C@H](N)C(=O)Nc1ccccc1Cl.Cl. The molecule has 0 heterocycles. The minimum absolute atomic E-state index is 0. The Morgan fingerprint density at radius 3 is 2.76 bits per heavy atom. The molecule has 3 nitrogen and oxygen atoms in total. The van der Waals surface area contributed by atoms with E-state index in [-0.39, 0.29) is 18.3 Å². The van der Waals surface area contributed by atoms with Crippen LogP contribution < -0.4 is 11.1 Å². The van der Waals surface area contributed by atoms with Crippen LogP contribution in [0.25, 0.3) is 0 Å². The van der Waals surface area contributed by atoms with Gasteiger partial charge in [-0.25, -0.2) is 0 Å². The first kappa shape index (κ1) is 16.6. The van der Waals surface area contributed by atoms with Gasteiger partial charge in [0.25, 0.3) is 0 Å². The fraction of sp³-hybridized carbons (Fsp3) is 0.364. The molecule has 0 unspecified atom stereocenters. The zero-order chi connectivity index (χ0) is 12.0. The molecule has 0 radical (unpaired) electrons. The summed E-state index contributed by atoms with van der Waals surface area (Å²) in [5, 5.41) is 3.23. The Kier molecular flexibility index (Phi) is 8.43. The van der Waals surface area contributed by atoms with Crippen molar-refractivity contribution in [2.75, 3.05) is 17.3 Å². The monoisotopic (exact) mass is 294 g/mol. The molecule has 0 bridgehead atoms. The average Bonchev–Trinajstić information content (AvgIpc) is 2.28. The smallest absolute Gasteiger partial charge is 0.241 e. The third kappa shape index (κ3) is 5.64. The maximum Gasteiger partial charge on any atom is 0.241 e. The van der Waals surface area contributed by atoms with Crippen LogP contribution in [0.4, 0.5) is 5.69 Å². The number of rotatable bonds is 5. The van der Waals surface area contributed by atoms with Gasteiger partial charge in [-0.15, -0.1) is 12.4 Å². The first-order valence-electron chi connectivity index (χ1n) is 4.95. The third-order valence-electron chi connectivity index (χ3n) is 2.10. The standard InChI is InChI=1S/C11H15ClN2OS.ClH/c1-16-7-6-9(13)11(15)14-10-5-3-2-4-8(10)12;/h2-5,9H,6-7,13H2,1H3,(H,14,15);1H/t9-;/m0./s1. The van der Waals surface area contributed by atoms with E-state index >= 15 is 0 Å². The second kappa shape index (κ2) is 8.64. The fourth-order valence-electron chi connectivity index (χ4n) is 1.16. The van der Waals surface area contributed by atoms with Crippen LogP contribution in [0.15, 0.2) is 24.3 Å². The zero-order valence-corrected chi connectivity index (χ0v) is 11.9. The summed E-state index contributed by atoms with van der Waals surface area (Å²) in [6, 6.07) is 6.62. The summed E-state index contributed by atoms with van der Waals surface area (Å²) in [6.45, 7) is 0. The highest BCUT2D eigenvalue weighted by atomic mass is 35.5. The Bertz CT molecular complexity index is 363. The van der Waals surface area contributed by atoms with Gasteiger partial charge in [0.15, 0.2) is 0 Å². The largest absolute Gasteiger partial charge is 0.323 e. The van der Waals surface area contributed by atoms with Crippen LogP contribution >= 0.6 is 35.8 Å². The molecule has 0 fully saturated rings. The number of carbonyl (C=O) groups excluding carboxylic acids is 1. The average molecular weight is 295 g/mol. The van der Waals surface area contributed by atoms with Gasteiger partial charge in [0, 0.05) is 0 Å². The van der Waals surface area contributed by atoms with E-state index in [2.05, 4.69) is 5.32 Å². The normalized spacial score (nSPS) is 11.5. The summed E-state index contributed by atoms with van der Waals surface area (Å²) >= 11 is 7.59. The maximum atomic E-state index is 11.7. The highest BCUT2D eigenvalue weighted by Crippen LogP contribution is 2.20. The van der Waals surface area contributed by atoms with Gasteiger partial charge >= 0.3 is 0 Å². The van der Waals surface area contributed by atoms with Crippen molar-refractivity contribution in [1.29, 1.82) is 0 Å². The van der Waals surface area contributed by atoms with E-state index in [9.17, 15) is 4.79 Å². The molecule has 0 aliphatic carbocycles. The van der Waals surface area contributed by atoms with Gasteiger partial charge in [-0.3, -0.25) is 4.79 Å². The molecule has 1 aromatic carbocycles. The summed E-state index contributed by atoms with van der Waals surface area (Å²) in [7, 11) is 0. The quantitative estimate of drug-likeness (QED) is 0.878. The fourth-order valence-corrected chi connectivity index (χ4v) is 1.84. The number of halogens is 2. The second-order valence-corrected chi connectivity index (χ2v) is 4.75. The Labute approximate surface area is 117 Å². The first-order valence-corrected chi connectivity index (χ1v) is 6.72. The molecule has 3 N–H and O–H groups in total. The minimum Gasteiger partial charge on any atom is -0.323 e. The first-order chi connectivity index (χ1) is 7.65. The van der Waals surface area contributed by atoms with Crippen LogP contribution in [0.1, 0.15) is 6.42 Å². The van der Waals surface area contributed by atoms with E-state index in [1.807, 2.05) is 18.4 Å². The van der Waals surface area contributed by atoms with Gasteiger partial charge in [-0.1, -0.05) is 23.7 Å². The molecule has 0 saturated carbocycles. The summed E-state index contributed by atoms with van der Waals surface area (Å²) < 4.78 is 0. The molecule has 6 heteroatoms. The van der Waals surface area contributed by atoms with Crippen molar-refractivity contribution in [3.63, 3.8) is 0 Å². The van der Waals surface area contributed by atoms with E-state index in [0.29, 0.717) is 17.1 Å². The van der Waals surface area contributed by atoms with Gasteiger partial charge in [0.1, 0.15) is 0 Å². The predicted octanol–water partition coefficient (Wildman–Crippen LogP) is 2.78. The van der Waals surface area contributed by atoms with Gasteiger partial charge in [-0.2, -0.15) is 11.8 Å². The van der Waals surface area contributed by atoms with E-state index in [1.165, 1.54) is 0 Å². The molecule has 1 atom stereocenters. The molecule has 0 aromatic heterocycles. The molecule has 0 spiro atoms. The number of anilines is 1. The van der Waals surface area contributed by atoms with E-state index < -0.39 is 6.04 Å². The predicted molar refractivity (Wildman–Crippen MR) is 78.3 cm³/mol. The summed E-state index contributed by atoms with van der Waals surface area (Å²) in [4.78, 5) is 11.7. The number of amides is 1. The van der Waals surface area contributed by atoms with Gasteiger partial charge in [-0.05, 0) is 30.6 Å². The van der Waals surface area contributed by atoms with Crippen LogP contribution in [0, 0.1) is 0 Å². The molecular weight excluding hydrogens is 279 g/mol. The minimum atomic E-state index is -0.483. The van der Waals surface area contributed by atoms with Crippen LogP contribution in [-0.4, -0.2) is 24.0 Å². The highest BCUT2D eigenvalue weighted by Gasteiger charge is 2.13. The van der Waals surface area contributed by atoms with Crippen molar-refractivity contribution in [3.8, 4) is 0 Å². The Morgan fingerprint density at radius 1 is 1.53 bits per heavy atom. The molecule has 96 valence electrons. The lowest BCUT2D eigenvalue weighted by molar-refractivity contribution is -0.117. The highest BCUT2D eigenvalue weighted by molar-refractivity contribution is 7.98. The Balaban J connectivity index is 0.00000256. The van der Waals surface area contributed by atoms with Crippen LogP contribution in [0.2, 0.25) is 5.02 Å². The Hall–Kier alpha value is -0.420. The summed E-state index contributed by atoms with van der Waals surface area (Å²) in [5.74, 6) is 0.680. The molecule has 0 aliphatic rings. The molecule has 0 aliphatic heterocycles. The molecule has 17 heavy (non-hydrogen) atoms. The van der Waals surface area contributed by atoms with Crippen molar-refractivity contribution >= 4 is 47.4 Å². The van der Waals surface area contributed by atoms with E-state index in [0.717, 1.165) is 5.75 Å². The zero-order valence-electron chi connectivity index (χ0n) is 9.48. The van der Waals surface area contributed by atoms with Crippen LogP contribution in [0.5, 0.6) is 0 Å². The molecule has 0 saturated heterocycles. The number of hydrogen-bond acceptors (Lipinski definition) is 3. The lowest BCUT2D eigenvalue weighted by Crippen LogP contribution is -2.36. The topological polar surface area (TPSA) is 55.1 Å². The van der Waals surface area contributed by atoms with Crippen molar-refractivity contribution in [2.24, 2.45) is 5.73 Å². The number of nitrogens with two attached hydrogens (primary N) is 1. The molecule has 1 amide bonds. The summed E-state index contributed by atoms with van der Waals surface area (Å²) in [6.07, 6.45) is 2.65. The number of hydrogen-bond donors (Lipinski definition) is 2. The number of carbonyl (C=O) groups is 1. The molecular formula is C11H16Cl2N2OS. The van der Waals surface area contributed by atoms with Crippen LogP contribution in [-0.2, 0) is 4.79 Å². The second-order valence-electron chi connectivity index (χ2n) is 3.36. The molecule has 1 aromatic rings. The third-order valence-corrected chi connectivity index (χ3v) is 3.08. The maximum absolute atomic E-state index is 11.7. The number of benzene rings is 1. The Morgan fingerprint density at radius 2 is 2.18 bits per heavy atom. The molecule has 1 rings (SSSR count). The lowest BCUT2D eigenvalue weighted by Gasteiger charge is -2.12. The van der Waals surface area contributed by atoms with Crippen molar-refractivity contribution in [2.45, 2.75) is 12.5 Å². The lowest BCUT2D eigenvalue weighted by atomic mass is 10.2. The van der Waals surface area contributed by atoms with Crippen molar-refractivity contribution in [3.05, 3.63) is 29.3 Å². The van der Waals surface area contributed by atoms with Gasteiger partial charge < -0.3 is 11.1 Å². The van der Waals surface area contributed by atoms with Crippen molar-refractivity contribution in [1.82, 2.24) is 0 Å². The number of para-hydroxylation sites is 1. The van der Waals surface area contributed by atoms with Gasteiger partial charge in [0.2, 0.25) is 5.91 Å². The van der Waals surface area contributed by atoms with E-state index in [4.69, 9.17) is 17.3 Å². The van der Waals surface area contributed by atoms with Gasteiger partial charge in [0.05, 0.1) is 16.8 Å². The van der Waals surface area contributed by atoms with Crippen LogP contribution in [0.3, 0.4) is 0 Å². The number of nitrogens with one attached hydrogen (secondary N) is 1.